The number of esters is 1. The molecular formula is C16H16FN3O5. The summed E-state index contributed by atoms with van der Waals surface area (Å²) in [7, 11) is 0. The number of nitro groups is 1. The minimum absolute atomic E-state index is 0.0476. The highest BCUT2D eigenvalue weighted by atomic mass is 19.1. The van der Waals surface area contributed by atoms with E-state index in [0.29, 0.717) is 11.3 Å². The van der Waals surface area contributed by atoms with E-state index < -0.39 is 22.6 Å². The van der Waals surface area contributed by atoms with Crippen LogP contribution in [0.1, 0.15) is 39.0 Å². The second-order valence-electron chi connectivity index (χ2n) is 5.22. The maximum atomic E-state index is 13.8. The summed E-state index contributed by atoms with van der Waals surface area (Å²) in [6.45, 7) is 5.00. The fourth-order valence-electron chi connectivity index (χ4n) is 2.39. The Morgan fingerprint density at radius 3 is 2.64 bits per heavy atom. The summed E-state index contributed by atoms with van der Waals surface area (Å²) < 4.78 is 18.7. The van der Waals surface area contributed by atoms with Crippen LogP contribution in [0, 0.1) is 29.8 Å². The summed E-state index contributed by atoms with van der Waals surface area (Å²) in [6, 6.07) is 2.81. The molecule has 1 aromatic heterocycles. The van der Waals surface area contributed by atoms with Gasteiger partial charge in [0, 0.05) is 17.8 Å². The lowest BCUT2D eigenvalue weighted by atomic mass is 10.1. The Morgan fingerprint density at radius 2 is 2.04 bits per heavy atom. The topological polar surface area (TPSA) is 114 Å². The third-order valence-electron chi connectivity index (χ3n) is 3.55. The number of amides is 1. The summed E-state index contributed by atoms with van der Waals surface area (Å²) in [5.41, 5.74) is 0.365. The van der Waals surface area contributed by atoms with Gasteiger partial charge >= 0.3 is 5.97 Å². The van der Waals surface area contributed by atoms with Crippen molar-refractivity contribution in [3.05, 3.63) is 56.6 Å². The first-order valence-electron chi connectivity index (χ1n) is 7.37. The smallest absolute Gasteiger partial charge is 0.340 e. The lowest BCUT2D eigenvalue weighted by Gasteiger charge is -2.06. The molecule has 25 heavy (non-hydrogen) atoms. The molecule has 9 heteroatoms. The summed E-state index contributed by atoms with van der Waals surface area (Å²) in [4.78, 5) is 37.2. The van der Waals surface area contributed by atoms with Crippen molar-refractivity contribution >= 4 is 23.3 Å². The molecule has 2 rings (SSSR count). The number of non-ortho nitro benzene ring substituents is 1. The number of benzene rings is 1. The van der Waals surface area contributed by atoms with Gasteiger partial charge in [-0.05, 0) is 32.4 Å². The molecule has 0 aliphatic heterocycles. The maximum absolute atomic E-state index is 13.8. The number of halogens is 1. The van der Waals surface area contributed by atoms with E-state index in [4.69, 9.17) is 4.74 Å². The molecule has 1 aromatic carbocycles. The minimum atomic E-state index is -0.814. The van der Waals surface area contributed by atoms with Crippen LogP contribution in [0.25, 0.3) is 0 Å². The van der Waals surface area contributed by atoms with Crippen LogP contribution in [-0.2, 0) is 4.74 Å². The number of rotatable bonds is 5. The number of anilines is 1. The van der Waals surface area contributed by atoms with Crippen molar-refractivity contribution in [2.75, 3.05) is 11.9 Å². The number of H-pyrrole nitrogens is 1. The molecule has 0 aliphatic rings. The summed E-state index contributed by atoms with van der Waals surface area (Å²) >= 11 is 0. The number of carbonyl (C=O) groups excluding carboxylic acids is 2. The van der Waals surface area contributed by atoms with Crippen LogP contribution in [0.5, 0.6) is 0 Å². The van der Waals surface area contributed by atoms with E-state index in [2.05, 4.69) is 10.3 Å². The first-order chi connectivity index (χ1) is 11.8. The number of aryl methyl sites for hydroxylation is 1. The molecule has 0 fully saturated rings. The Hall–Kier alpha value is -3.23. The minimum Gasteiger partial charge on any atom is -0.462 e. The Labute approximate surface area is 142 Å². The molecule has 0 bridgehead atoms. The number of hydrogen-bond donors (Lipinski definition) is 2. The van der Waals surface area contributed by atoms with Gasteiger partial charge in [0.1, 0.15) is 11.5 Å². The van der Waals surface area contributed by atoms with Gasteiger partial charge in [0.05, 0.1) is 22.8 Å². The molecule has 132 valence electrons. The van der Waals surface area contributed by atoms with E-state index in [1.54, 1.807) is 20.8 Å². The van der Waals surface area contributed by atoms with Crippen molar-refractivity contribution in [2.24, 2.45) is 0 Å². The number of aromatic nitrogens is 1. The van der Waals surface area contributed by atoms with Gasteiger partial charge in [-0.1, -0.05) is 0 Å². The Morgan fingerprint density at radius 1 is 1.36 bits per heavy atom. The molecule has 1 amide bonds. The fourth-order valence-corrected chi connectivity index (χ4v) is 2.39. The van der Waals surface area contributed by atoms with Crippen LogP contribution in [-0.4, -0.2) is 28.4 Å². The molecule has 8 nitrogen and oxygen atoms in total. The largest absolute Gasteiger partial charge is 0.462 e. The Bertz CT molecular complexity index is 860. The standard InChI is InChI=1S/C16H16FN3O5/c1-4-25-16(22)13-8(2)14(18-9(13)3)15(21)19-12-7-10(20(23)24)5-6-11(12)17/h5-7,18H,4H2,1-3H3,(H,19,21). The third-order valence-corrected chi connectivity index (χ3v) is 3.55. The summed E-state index contributed by atoms with van der Waals surface area (Å²) in [6.07, 6.45) is 0. The number of nitro benzene ring substituents is 1. The number of hydrogen-bond acceptors (Lipinski definition) is 5. The van der Waals surface area contributed by atoms with Gasteiger partial charge in [0.2, 0.25) is 0 Å². The van der Waals surface area contributed by atoms with Gasteiger partial charge in [0.25, 0.3) is 11.6 Å². The molecule has 0 spiro atoms. The first kappa shape index (κ1) is 18.1. The molecule has 0 radical (unpaired) electrons. The van der Waals surface area contributed by atoms with Crippen LogP contribution in [0.15, 0.2) is 18.2 Å². The highest BCUT2D eigenvalue weighted by molar-refractivity contribution is 6.07. The number of carbonyl (C=O) groups is 2. The number of nitrogens with zero attached hydrogens (tertiary/aromatic N) is 1. The maximum Gasteiger partial charge on any atom is 0.340 e. The molecular weight excluding hydrogens is 333 g/mol. The highest BCUT2D eigenvalue weighted by Crippen LogP contribution is 2.24. The van der Waals surface area contributed by atoms with Gasteiger partial charge < -0.3 is 15.0 Å². The predicted octanol–water partition coefficient (Wildman–Crippen LogP) is 3.11. The lowest BCUT2D eigenvalue weighted by molar-refractivity contribution is -0.384. The van der Waals surface area contributed by atoms with E-state index in [-0.39, 0.29) is 29.2 Å². The van der Waals surface area contributed by atoms with Crippen molar-refractivity contribution in [1.29, 1.82) is 0 Å². The second kappa shape index (κ2) is 7.12. The average Bonchev–Trinajstić information content (AvgIpc) is 2.84. The van der Waals surface area contributed by atoms with Crippen molar-refractivity contribution in [2.45, 2.75) is 20.8 Å². The van der Waals surface area contributed by atoms with Gasteiger partial charge in [0.15, 0.2) is 0 Å². The predicted molar refractivity (Wildman–Crippen MR) is 87.2 cm³/mol. The normalized spacial score (nSPS) is 10.4. The Balaban J connectivity index is 2.34. The Kier molecular flexibility index (Phi) is 5.16. The lowest BCUT2D eigenvalue weighted by Crippen LogP contribution is -2.15. The van der Waals surface area contributed by atoms with Crippen LogP contribution in [0.2, 0.25) is 0 Å². The van der Waals surface area contributed by atoms with E-state index in [1.807, 2.05) is 0 Å². The SMILES string of the molecule is CCOC(=O)c1c(C)[nH]c(C(=O)Nc2cc([N+](=O)[O-])ccc2F)c1C. The zero-order valence-corrected chi connectivity index (χ0v) is 13.8. The number of nitrogens with one attached hydrogen (secondary N) is 2. The van der Waals surface area contributed by atoms with Crippen LogP contribution >= 0.6 is 0 Å². The van der Waals surface area contributed by atoms with Gasteiger partial charge in [-0.15, -0.1) is 0 Å². The summed E-state index contributed by atoms with van der Waals surface area (Å²) in [5.74, 6) is -2.12. The molecule has 2 aromatic rings. The second-order valence-corrected chi connectivity index (χ2v) is 5.22. The molecule has 0 atom stereocenters. The molecule has 0 aliphatic carbocycles. The van der Waals surface area contributed by atoms with Crippen molar-refractivity contribution < 1.29 is 23.6 Å². The van der Waals surface area contributed by atoms with Crippen LogP contribution < -0.4 is 5.32 Å². The van der Waals surface area contributed by atoms with E-state index in [1.165, 1.54) is 0 Å². The number of aromatic amines is 1. The molecule has 0 saturated heterocycles. The van der Waals surface area contributed by atoms with Crippen LogP contribution in [0.3, 0.4) is 0 Å². The summed E-state index contributed by atoms with van der Waals surface area (Å²) in [5, 5.41) is 13.0. The fraction of sp³-hybridized carbons (Fsp3) is 0.250. The number of ether oxygens (including phenoxy) is 1. The van der Waals surface area contributed by atoms with Gasteiger partial charge in [-0.2, -0.15) is 0 Å². The van der Waals surface area contributed by atoms with Gasteiger partial charge in [-0.25, -0.2) is 9.18 Å². The van der Waals surface area contributed by atoms with Gasteiger partial charge in [-0.3, -0.25) is 14.9 Å². The highest BCUT2D eigenvalue weighted by Gasteiger charge is 2.23. The van der Waals surface area contributed by atoms with Crippen LogP contribution in [0.4, 0.5) is 15.8 Å². The average molecular weight is 349 g/mol. The van der Waals surface area contributed by atoms with Crippen molar-refractivity contribution in [3.63, 3.8) is 0 Å². The molecule has 0 saturated carbocycles. The first-order valence-corrected chi connectivity index (χ1v) is 7.37. The molecule has 1 heterocycles. The molecule has 0 unspecified atom stereocenters. The van der Waals surface area contributed by atoms with E-state index in [9.17, 15) is 24.1 Å². The third kappa shape index (κ3) is 3.65. The van der Waals surface area contributed by atoms with E-state index in [0.717, 1.165) is 18.2 Å². The van der Waals surface area contributed by atoms with E-state index >= 15 is 0 Å². The quantitative estimate of drug-likeness (QED) is 0.489. The van der Waals surface area contributed by atoms with Crippen molar-refractivity contribution in [3.8, 4) is 0 Å². The zero-order chi connectivity index (χ0) is 18.7. The zero-order valence-electron chi connectivity index (χ0n) is 13.8. The molecule has 2 N–H and O–H groups in total. The monoisotopic (exact) mass is 349 g/mol. The van der Waals surface area contributed by atoms with Crippen molar-refractivity contribution in [1.82, 2.24) is 4.98 Å².